The van der Waals surface area contributed by atoms with Crippen LogP contribution in [-0.2, 0) is 10.0 Å². The fourth-order valence-corrected chi connectivity index (χ4v) is 4.14. The summed E-state index contributed by atoms with van der Waals surface area (Å²) >= 11 is 0. The number of sulfonamides is 1. The van der Waals surface area contributed by atoms with Crippen LogP contribution in [0.4, 0.5) is 0 Å². The number of benzene rings is 1. The van der Waals surface area contributed by atoms with Crippen molar-refractivity contribution in [3.05, 3.63) is 29.3 Å². The molecule has 1 aliphatic heterocycles. The Morgan fingerprint density at radius 2 is 2.21 bits per heavy atom. The molecule has 5 nitrogen and oxygen atoms in total. The van der Waals surface area contributed by atoms with Gasteiger partial charge in [0.2, 0.25) is 10.0 Å². The second-order valence-corrected chi connectivity index (χ2v) is 6.62. The van der Waals surface area contributed by atoms with Gasteiger partial charge in [-0.2, -0.15) is 9.57 Å². The minimum absolute atomic E-state index is 0.0797. The second kappa shape index (κ2) is 5.29. The average molecular weight is 279 g/mol. The summed E-state index contributed by atoms with van der Waals surface area (Å²) in [6.07, 6.45) is 0. The Balaban J connectivity index is 2.47. The fraction of sp³-hybridized carbons (Fsp3) is 0.462. The van der Waals surface area contributed by atoms with Gasteiger partial charge in [0.15, 0.2) is 0 Å². The van der Waals surface area contributed by atoms with Gasteiger partial charge in [0, 0.05) is 25.7 Å². The minimum atomic E-state index is -3.53. The molecule has 0 aromatic heterocycles. The van der Waals surface area contributed by atoms with Gasteiger partial charge in [-0.15, -0.1) is 0 Å². The topological polar surface area (TPSA) is 73.2 Å². The molecule has 0 unspecified atom stereocenters. The molecule has 2 rings (SSSR count). The summed E-state index contributed by atoms with van der Waals surface area (Å²) in [5.41, 5.74) is 1.04. The van der Waals surface area contributed by atoms with Crippen molar-refractivity contribution in [2.75, 3.05) is 19.6 Å². The molecule has 1 aliphatic rings. The normalized spacial score (nSPS) is 21.0. The molecular weight excluding hydrogens is 262 g/mol. The predicted molar refractivity (Wildman–Crippen MR) is 72.1 cm³/mol. The number of aryl methyl sites for hydroxylation is 1. The molecule has 0 spiro atoms. The first-order chi connectivity index (χ1) is 8.96. The largest absolute Gasteiger partial charge is 0.314 e. The van der Waals surface area contributed by atoms with Crippen LogP contribution >= 0.6 is 0 Å². The van der Waals surface area contributed by atoms with Crippen LogP contribution in [0.3, 0.4) is 0 Å². The van der Waals surface area contributed by atoms with E-state index in [1.54, 1.807) is 19.1 Å². The van der Waals surface area contributed by atoms with E-state index >= 15 is 0 Å². The van der Waals surface area contributed by atoms with Gasteiger partial charge in [-0.1, -0.05) is 6.07 Å². The highest BCUT2D eigenvalue weighted by molar-refractivity contribution is 7.89. The van der Waals surface area contributed by atoms with Crippen molar-refractivity contribution in [2.24, 2.45) is 0 Å². The van der Waals surface area contributed by atoms with Crippen LogP contribution in [0.1, 0.15) is 18.1 Å². The highest BCUT2D eigenvalue weighted by Gasteiger charge is 2.31. The molecular formula is C13H17N3O2S. The van der Waals surface area contributed by atoms with Crippen LogP contribution in [0.2, 0.25) is 0 Å². The highest BCUT2D eigenvalue weighted by Crippen LogP contribution is 2.23. The van der Waals surface area contributed by atoms with Gasteiger partial charge in [0.05, 0.1) is 16.5 Å². The smallest absolute Gasteiger partial charge is 0.243 e. The van der Waals surface area contributed by atoms with E-state index in [2.05, 4.69) is 5.32 Å². The van der Waals surface area contributed by atoms with Gasteiger partial charge in [-0.25, -0.2) is 8.42 Å². The van der Waals surface area contributed by atoms with Gasteiger partial charge >= 0.3 is 0 Å². The van der Waals surface area contributed by atoms with E-state index in [0.717, 1.165) is 0 Å². The maximum Gasteiger partial charge on any atom is 0.243 e. The number of nitrogens with one attached hydrogen (secondary N) is 1. The number of nitrogens with zero attached hydrogens (tertiary/aromatic N) is 2. The van der Waals surface area contributed by atoms with Gasteiger partial charge in [-0.05, 0) is 31.5 Å². The van der Waals surface area contributed by atoms with Crippen LogP contribution in [-0.4, -0.2) is 38.4 Å². The molecule has 0 radical (unpaired) electrons. The van der Waals surface area contributed by atoms with E-state index < -0.39 is 10.0 Å². The molecule has 1 saturated heterocycles. The lowest BCUT2D eigenvalue weighted by Crippen LogP contribution is -2.52. The lowest BCUT2D eigenvalue weighted by Gasteiger charge is -2.33. The van der Waals surface area contributed by atoms with E-state index in [-0.39, 0.29) is 10.9 Å². The van der Waals surface area contributed by atoms with Gasteiger partial charge < -0.3 is 5.32 Å². The Morgan fingerprint density at radius 1 is 1.47 bits per heavy atom. The first-order valence-corrected chi connectivity index (χ1v) is 7.64. The number of nitriles is 1. The maximum absolute atomic E-state index is 12.7. The Kier molecular flexibility index (Phi) is 3.90. The first-order valence-electron chi connectivity index (χ1n) is 6.20. The molecule has 0 bridgehead atoms. The number of rotatable bonds is 2. The molecule has 1 aromatic rings. The standard InChI is InChI=1S/C13H17N3O2S/c1-10-3-4-12(8-14)7-13(10)19(17,18)16-6-5-15-9-11(16)2/h3-4,7,11,15H,5-6,9H2,1-2H3/t11-/m0/s1. The lowest BCUT2D eigenvalue weighted by molar-refractivity contribution is 0.283. The number of hydrogen-bond acceptors (Lipinski definition) is 4. The van der Waals surface area contributed by atoms with E-state index in [9.17, 15) is 8.42 Å². The van der Waals surface area contributed by atoms with Crippen LogP contribution in [0.25, 0.3) is 0 Å². The summed E-state index contributed by atoms with van der Waals surface area (Å²) in [7, 11) is -3.53. The minimum Gasteiger partial charge on any atom is -0.314 e. The van der Waals surface area contributed by atoms with Crippen molar-refractivity contribution in [3.63, 3.8) is 0 Å². The quantitative estimate of drug-likeness (QED) is 0.871. The van der Waals surface area contributed by atoms with E-state index in [0.29, 0.717) is 30.8 Å². The third kappa shape index (κ3) is 2.63. The summed E-state index contributed by atoms with van der Waals surface area (Å²) < 4.78 is 26.9. The molecule has 1 heterocycles. The van der Waals surface area contributed by atoms with E-state index in [4.69, 9.17) is 5.26 Å². The third-order valence-corrected chi connectivity index (χ3v) is 5.50. The summed E-state index contributed by atoms with van der Waals surface area (Å²) in [6.45, 7) is 5.39. The summed E-state index contributed by atoms with van der Waals surface area (Å²) in [5, 5.41) is 12.1. The second-order valence-electron chi connectivity index (χ2n) is 4.76. The first kappa shape index (κ1) is 14.0. The molecule has 6 heteroatoms. The van der Waals surface area contributed by atoms with Crippen molar-refractivity contribution in [1.82, 2.24) is 9.62 Å². The zero-order valence-electron chi connectivity index (χ0n) is 11.0. The highest BCUT2D eigenvalue weighted by atomic mass is 32.2. The summed E-state index contributed by atoms with van der Waals surface area (Å²) in [4.78, 5) is 0.236. The van der Waals surface area contributed by atoms with Gasteiger partial charge in [0.25, 0.3) is 0 Å². The Labute approximate surface area is 113 Å². The SMILES string of the molecule is Cc1ccc(C#N)cc1S(=O)(=O)N1CCNC[C@@H]1C. The maximum atomic E-state index is 12.7. The van der Waals surface area contributed by atoms with Crippen molar-refractivity contribution in [1.29, 1.82) is 5.26 Å². The number of piperazine rings is 1. The van der Waals surface area contributed by atoms with Crippen molar-refractivity contribution in [3.8, 4) is 6.07 Å². The van der Waals surface area contributed by atoms with Crippen molar-refractivity contribution >= 4 is 10.0 Å². The summed E-state index contributed by atoms with van der Waals surface area (Å²) in [6, 6.07) is 6.68. The van der Waals surface area contributed by atoms with E-state index in [1.807, 2.05) is 13.0 Å². The van der Waals surface area contributed by atoms with Crippen molar-refractivity contribution in [2.45, 2.75) is 24.8 Å². The fourth-order valence-electron chi connectivity index (χ4n) is 2.25. The third-order valence-electron chi connectivity index (χ3n) is 3.34. The van der Waals surface area contributed by atoms with Gasteiger partial charge in [0.1, 0.15) is 0 Å². The molecule has 102 valence electrons. The van der Waals surface area contributed by atoms with Crippen LogP contribution < -0.4 is 5.32 Å². The van der Waals surface area contributed by atoms with Crippen LogP contribution in [0, 0.1) is 18.3 Å². The lowest BCUT2D eigenvalue weighted by atomic mass is 10.2. The zero-order chi connectivity index (χ0) is 14.0. The molecule has 1 N–H and O–H groups in total. The van der Waals surface area contributed by atoms with Crippen LogP contribution in [0.15, 0.2) is 23.1 Å². The van der Waals surface area contributed by atoms with Crippen LogP contribution in [0.5, 0.6) is 0 Å². The number of hydrogen-bond donors (Lipinski definition) is 1. The monoisotopic (exact) mass is 279 g/mol. The molecule has 19 heavy (non-hydrogen) atoms. The zero-order valence-corrected chi connectivity index (χ0v) is 11.9. The Bertz CT molecular complexity index is 619. The molecule has 1 fully saturated rings. The Morgan fingerprint density at radius 3 is 2.84 bits per heavy atom. The average Bonchev–Trinajstić information content (AvgIpc) is 2.39. The van der Waals surface area contributed by atoms with Crippen molar-refractivity contribution < 1.29 is 8.42 Å². The molecule has 0 amide bonds. The molecule has 1 atom stereocenters. The predicted octanol–water partition coefficient (Wildman–Crippen LogP) is 0.849. The molecule has 0 saturated carbocycles. The van der Waals surface area contributed by atoms with Gasteiger partial charge in [-0.3, -0.25) is 0 Å². The molecule has 1 aromatic carbocycles. The Hall–Kier alpha value is -1.42. The molecule has 0 aliphatic carbocycles. The summed E-state index contributed by atoms with van der Waals surface area (Å²) in [5.74, 6) is 0. The van der Waals surface area contributed by atoms with E-state index in [1.165, 1.54) is 10.4 Å².